The zero-order valence-electron chi connectivity index (χ0n) is 9.31. The summed E-state index contributed by atoms with van der Waals surface area (Å²) in [7, 11) is 0. The molecule has 0 aliphatic heterocycles. The maximum absolute atomic E-state index is 12.3. The van der Waals surface area contributed by atoms with Crippen molar-refractivity contribution in [1.82, 2.24) is 0 Å². The van der Waals surface area contributed by atoms with E-state index in [1.807, 2.05) is 30.5 Å². The Morgan fingerprint density at radius 2 is 1.71 bits per heavy atom. The van der Waals surface area contributed by atoms with E-state index in [4.69, 9.17) is 11.6 Å². The van der Waals surface area contributed by atoms with Crippen LogP contribution in [-0.2, 0) is 0 Å². The molecule has 0 atom stereocenters. The predicted molar refractivity (Wildman–Crippen MR) is 73.1 cm³/mol. The molecule has 17 heavy (non-hydrogen) atoms. The zero-order chi connectivity index (χ0) is 12.3. The first-order valence-corrected chi connectivity index (χ1v) is 6.76. The van der Waals surface area contributed by atoms with Gasteiger partial charge in [-0.25, -0.2) is 0 Å². The van der Waals surface area contributed by atoms with Crippen molar-refractivity contribution >= 4 is 29.1 Å². The van der Waals surface area contributed by atoms with Gasteiger partial charge < -0.3 is 0 Å². The van der Waals surface area contributed by atoms with Crippen molar-refractivity contribution in [3.8, 4) is 0 Å². The molecule has 0 aliphatic rings. The van der Waals surface area contributed by atoms with E-state index >= 15 is 0 Å². The summed E-state index contributed by atoms with van der Waals surface area (Å²) < 4.78 is 0. The maximum atomic E-state index is 12.3. The fraction of sp³-hybridized carbons (Fsp3) is 0.0714. The number of rotatable bonds is 3. The number of benzene rings is 2. The van der Waals surface area contributed by atoms with Gasteiger partial charge in [-0.3, -0.25) is 4.79 Å². The van der Waals surface area contributed by atoms with E-state index in [1.54, 1.807) is 36.0 Å². The number of ketones is 1. The topological polar surface area (TPSA) is 17.1 Å². The molecule has 0 saturated heterocycles. The SMILES string of the molecule is CSc1ccccc1C(=O)c1ccc(Cl)cc1. The lowest BCUT2D eigenvalue weighted by atomic mass is 10.0. The summed E-state index contributed by atoms with van der Waals surface area (Å²) in [5.41, 5.74) is 1.40. The fourth-order valence-electron chi connectivity index (χ4n) is 1.59. The van der Waals surface area contributed by atoms with E-state index in [0.29, 0.717) is 10.6 Å². The predicted octanol–water partition coefficient (Wildman–Crippen LogP) is 4.29. The van der Waals surface area contributed by atoms with Gasteiger partial charge in [0.25, 0.3) is 0 Å². The Morgan fingerprint density at radius 1 is 1.06 bits per heavy atom. The summed E-state index contributed by atoms with van der Waals surface area (Å²) in [6.07, 6.45) is 1.97. The summed E-state index contributed by atoms with van der Waals surface area (Å²) in [5.74, 6) is 0.0339. The molecular formula is C14H11ClOS. The number of carbonyl (C=O) groups is 1. The minimum atomic E-state index is 0.0339. The molecule has 86 valence electrons. The zero-order valence-corrected chi connectivity index (χ0v) is 10.9. The first-order valence-electron chi connectivity index (χ1n) is 5.15. The van der Waals surface area contributed by atoms with Gasteiger partial charge in [0, 0.05) is 21.0 Å². The van der Waals surface area contributed by atoms with Crippen LogP contribution in [0, 0.1) is 0 Å². The summed E-state index contributed by atoms with van der Waals surface area (Å²) in [6, 6.07) is 14.6. The fourth-order valence-corrected chi connectivity index (χ4v) is 2.31. The summed E-state index contributed by atoms with van der Waals surface area (Å²) >= 11 is 7.38. The lowest BCUT2D eigenvalue weighted by molar-refractivity contribution is 0.103. The molecule has 3 heteroatoms. The Morgan fingerprint density at radius 3 is 2.35 bits per heavy atom. The Kier molecular flexibility index (Phi) is 3.87. The van der Waals surface area contributed by atoms with Crippen LogP contribution in [0.2, 0.25) is 5.02 Å². The Bertz CT molecular complexity index is 534. The standard InChI is InChI=1S/C14H11ClOS/c1-17-13-5-3-2-4-12(13)14(16)10-6-8-11(15)9-7-10/h2-9H,1H3. The molecule has 0 fully saturated rings. The van der Waals surface area contributed by atoms with Crippen molar-refractivity contribution in [2.24, 2.45) is 0 Å². The van der Waals surface area contributed by atoms with Gasteiger partial charge in [0.05, 0.1) is 0 Å². The third kappa shape index (κ3) is 2.71. The Hall–Kier alpha value is -1.25. The van der Waals surface area contributed by atoms with Crippen LogP contribution in [0.15, 0.2) is 53.4 Å². The first kappa shape index (κ1) is 12.2. The van der Waals surface area contributed by atoms with Crippen LogP contribution in [0.1, 0.15) is 15.9 Å². The van der Waals surface area contributed by atoms with Crippen molar-refractivity contribution in [2.45, 2.75) is 4.90 Å². The molecule has 0 aromatic heterocycles. The van der Waals surface area contributed by atoms with E-state index in [0.717, 1.165) is 10.5 Å². The van der Waals surface area contributed by atoms with E-state index < -0.39 is 0 Å². The molecule has 2 rings (SSSR count). The maximum Gasteiger partial charge on any atom is 0.194 e. The molecule has 2 aromatic carbocycles. The molecule has 0 heterocycles. The second-order valence-electron chi connectivity index (χ2n) is 3.54. The van der Waals surface area contributed by atoms with Crippen molar-refractivity contribution < 1.29 is 4.79 Å². The van der Waals surface area contributed by atoms with E-state index in [1.165, 1.54) is 0 Å². The molecule has 0 N–H and O–H groups in total. The molecule has 1 nitrogen and oxygen atoms in total. The van der Waals surface area contributed by atoms with Crippen molar-refractivity contribution in [2.75, 3.05) is 6.26 Å². The second-order valence-corrected chi connectivity index (χ2v) is 4.82. The summed E-state index contributed by atoms with van der Waals surface area (Å²) in [4.78, 5) is 13.3. The largest absolute Gasteiger partial charge is 0.289 e. The number of halogens is 1. The van der Waals surface area contributed by atoms with Gasteiger partial charge in [-0.2, -0.15) is 0 Å². The Labute approximate surface area is 110 Å². The third-order valence-electron chi connectivity index (χ3n) is 2.46. The highest BCUT2D eigenvalue weighted by Gasteiger charge is 2.12. The van der Waals surface area contributed by atoms with Crippen LogP contribution >= 0.6 is 23.4 Å². The lowest BCUT2D eigenvalue weighted by Gasteiger charge is -2.06. The van der Waals surface area contributed by atoms with Crippen LogP contribution < -0.4 is 0 Å². The van der Waals surface area contributed by atoms with Crippen LogP contribution in [0.4, 0.5) is 0 Å². The smallest absolute Gasteiger partial charge is 0.194 e. The molecule has 2 aromatic rings. The van der Waals surface area contributed by atoms with Crippen LogP contribution in [0.5, 0.6) is 0 Å². The molecule has 0 saturated carbocycles. The van der Waals surface area contributed by atoms with E-state index in [2.05, 4.69) is 0 Å². The quantitative estimate of drug-likeness (QED) is 0.606. The first-order chi connectivity index (χ1) is 8.22. The molecule has 0 aliphatic carbocycles. The number of hydrogen-bond donors (Lipinski definition) is 0. The Balaban J connectivity index is 2.40. The highest BCUT2D eigenvalue weighted by Crippen LogP contribution is 2.23. The molecule has 0 unspecified atom stereocenters. The molecule has 0 amide bonds. The van der Waals surface area contributed by atoms with Gasteiger partial charge >= 0.3 is 0 Å². The molecular weight excluding hydrogens is 252 g/mol. The highest BCUT2D eigenvalue weighted by atomic mass is 35.5. The van der Waals surface area contributed by atoms with Gasteiger partial charge in [0.1, 0.15) is 0 Å². The van der Waals surface area contributed by atoms with Crippen LogP contribution in [-0.4, -0.2) is 12.0 Å². The second kappa shape index (κ2) is 5.39. The average Bonchev–Trinajstić information content (AvgIpc) is 2.39. The van der Waals surface area contributed by atoms with E-state index in [9.17, 15) is 4.79 Å². The summed E-state index contributed by atoms with van der Waals surface area (Å²) in [6.45, 7) is 0. The minimum absolute atomic E-state index is 0.0339. The van der Waals surface area contributed by atoms with Crippen molar-refractivity contribution in [1.29, 1.82) is 0 Å². The lowest BCUT2D eigenvalue weighted by Crippen LogP contribution is -2.02. The van der Waals surface area contributed by atoms with Gasteiger partial charge in [0.15, 0.2) is 5.78 Å². The van der Waals surface area contributed by atoms with Crippen LogP contribution in [0.3, 0.4) is 0 Å². The van der Waals surface area contributed by atoms with Gasteiger partial charge in [0.2, 0.25) is 0 Å². The monoisotopic (exact) mass is 262 g/mol. The van der Waals surface area contributed by atoms with Crippen LogP contribution in [0.25, 0.3) is 0 Å². The van der Waals surface area contributed by atoms with Gasteiger partial charge in [-0.05, 0) is 42.7 Å². The third-order valence-corrected chi connectivity index (χ3v) is 3.51. The molecule has 0 radical (unpaired) electrons. The number of thioether (sulfide) groups is 1. The van der Waals surface area contributed by atoms with Gasteiger partial charge in [-0.15, -0.1) is 11.8 Å². The normalized spacial score (nSPS) is 10.2. The average molecular weight is 263 g/mol. The highest BCUT2D eigenvalue weighted by molar-refractivity contribution is 7.98. The van der Waals surface area contributed by atoms with E-state index in [-0.39, 0.29) is 5.78 Å². The van der Waals surface area contributed by atoms with Crippen molar-refractivity contribution in [3.63, 3.8) is 0 Å². The number of hydrogen-bond acceptors (Lipinski definition) is 2. The molecule has 0 bridgehead atoms. The summed E-state index contributed by atoms with van der Waals surface area (Å²) in [5, 5.41) is 0.639. The van der Waals surface area contributed by atoms with Crippen molar-refractivity contribution in [3.05, 3.63) is 64.7 Å². The van der Waals surface area contributed by atoms with Gasteiger partial charge in [-0.1, -0.05) is 23.7 Å². The molecule has 0 spiro atoms. The number of carbonyl (C=O) groups excluding carboxylic acids is 1. The minimum Gasteiger partial charge on any atom is -0.289 e.